The lowest BCUT2D eigenvalue weighted by atomic mass is 10.1. The fourth-order valence-corrected chi connectivity index (χ4v) is 2.12. The van der Waals surface area contributed by atoms with Crippen molar-refractivity contribution >= 4 is 5.69 Å². The minimum atomic E-state index is -4.52. The number of benzene rings is 2. The highest BCUT2D eigenvalue weighted by Crippen LogP contribution is 2.37. The molecule has 0 aromatic heterocycles. The fraction of sp³-hybridized carbons (Fsp3) is 0.250. The van der Waals surface area contributed by atoms with Gasteiger partial charge in [0.1, 0.15) is 17.6 Å². The van der Waals surface area contributed by atoms with Crippen LogP contribution in [0, 0.1) is 0 Å². The molecule has 118 valence electrons. The molecule has 1 unspecified atom stereocenters. The van der Waals surface area contributed by atoms with Crippen LogP contribution in [0.1, 0.15) is 24.2 Å². The van der Waals surface area contributed by atoms with Crippen LogP contribution >= 0.6 is 0 Å². The number of ether oxygens (including phenoxy) is 2. The van der Waals surface area contributed by atoms with E-state index in [2.05, 4.69) is 0 Å². The summed E-state index contributed by atoms with van der Waals surface area (Å²) in [7, 11) is 1.52. The molecule has 2 aromatic carbocycles. The Hall–Kier alpha value is -2.37. The van der Waals surface area contributed by atoms with Crippen LogP contribution in [-0.2, 0) is 6.18 Å². The Morgan fingerprint density at radius 1 is 1.09 bits per heavy atom. The second-order valence-corrected chi connectivity index (χ2v) is 4.75. The number of rotatable bonds is 4. The van der Waals surface area contributed by atoms with Gasteiger partial charge < -0.3 is 15.2 Å². The minimum absolute atomic E-state index is 0.0972. The normalized spacial score (nSPS) is 12.8. The number of anilines is 1. The van der Waals surface area contributed by atoms with Crippen LogP contribution in [0.2, 0.25) is 0 Å². The van der Waals surface area contributed by atoms with Gasteiger partial charge in [-0.2, -0.15) is 13.2 Å². The highest BCUT2D eigenvalue weighted by molar-refractivity contribution is 5.52. The maximum Gasteiger partial charge on any atom is 0.418 e. The van der Waals surface area contributed by atoms with Gasteiger partial charge in [-0.1, -0.05) is 18.2 Å². The lowest BCUT2D eigenvalue weighted by Crippen LogP contribution is -2.10. The highest BCUT2D eigenvalue weighted by Gasteiger charge is 2.33. The summed E-state index contributed by atoms with van der Waals surface area (Å²) in [4.78, 5) is 0. The van der Waals surface area contributed by atoms with Crippen molar-refractivity contribution in [1.29, 1.82) is 0 Å². The predicted molar refractivity (Wildman–Crippen MR) is 77.9 cm³/mol. The molecule has 0 aliphatic rings. The molecule has 2 rings (SSSR count). The van der Waals surface area contributed by atoms with Gasteiger partial charge in [0.2, 0.25) is 0 Å². The zero-order valence-electron chi connectivity index (χ0n) is 12.1. The van der Waals surface area contributed by atoms with Gasteiger partial charge in [0.05, 0.1) is 12.7 Å². The average Bonchev–Trinajstić information content (AvgIpc) is 2.48. The van der Waals surface area contributed by atoms with Crippen molar-refractivity contribution in [2.45, 2.75) is 19.2 Å². The summed E-state index contributed by atoms with van der Waals surface area (Å²) in [5, 5.41) is 0. The van der Waals surface area contributed by atoms with E-state index in [1.165, 1.54) is 19.2 Å². The molecule has 0 bridgehead atoms. The number of methoxy groups -OCH3 is 1. The molecule has 22 heavy (non-hydrogen) atoms. The molecular formula is C16H16F3NO2. The molecule has 0 saturated carbocycles. The van der Waals surface area contributed by atoms with Crippen LogP contribution in [0.15, 0.2) is 42.5 Å². The third kappa shape index (κ3) is 3.44. The van der Waals surface area contributed by atoms with Crippen LogP contribution in [0.25, 0.3) is 0 Å². The summed E-state index contributed by atoms with van der Waals surface area (Å²) in [5.74, 6) is 0.710. The summed E-state index contributed by atoms with van der Waals surface area (Å²) < 4.78 is 49.4. The Kier molecular flexibility index (Phi) is 4.49. The van der Waals surface area contributed by atoms with Crippen LogP contribution in [0.4, 0.5) is 18.9 Å². The lowest BCUT2D eigenvalue weighted by molar-refractivity contribution is -0.137. The summed E-state index contributed by atoms with van der Waals surface area (Å²) in [6.07, 6.45) is -4.99. The van der Waals surface area contributed by atoms with E-state index in [1.807, 2.05) is 6.07 Å². The second-order valence-electron chi connectivity index (χ2n) is 4.75. The quantitative estimate of drug-likeness (QED) is 0.849. The molecule has 6 heteroatoms. The minimum Gasteiger partial charge on any atom is -0.496 e. The second kappa shape index (κ2) is 6.17. The van der Waals surface area contributed by atoms with E-state index in [0.29, 0.717) is 5.75 Å². The van der Waals surface area contributed by atoms with Crippen molar-refractivity contribution in [1.82, 2.24) is 0 Å². The Morgan fingerprint density at radius 3 is 2.41 bits per heavy atom. The molecule has 0 radical (unpaired) electrons. The first kappa shape index (κ1) is 16.0. The van der Waals surface area contributed by atoms with Crippen molar-refractivity contribution < 1.29 is 22.6 Å². The summed E-state index contributed by atoms with van der Waals surface area (Å²) in [6.45, 7) is 1.74. The summed E-state index contributed by atoms with van der Waals surface area (Å²) >= 11 is 0. The fourth-order valence-electron chi connectivity index (χ4n) is 2.12. The first-order valence-corrected chi connectivity index (χ1v) is 6.59. The number of nitrogen functional groups attached to an aromatic ring is 1. The van der Waals surface area contributed by atoms with Crippen molar-refractivity contribution in [2.75, 3.05) is 12.8 Å². The van der Waals surface area contributed by atoms with Crippen LogP contribution in [0.3, 0.4) is 0 Å². The molecule has 2 N–H and O–H groups in total. The molecule has 1 atom stereocenters. The van der Waals surface area contributed by atoms with Crippen LogP contribution in [0.5, 0.6) is 11.5 Å². The van der Waals surface area contributed by atoms with Gasteiger partial charge in [-0.15, -0.1) is 0 Å². The number of alkyl halides is 3. The highest BCUT2D eigenvalue weighted by atomic mass is 19.4. The van der Waals surface area contributed by atoms with E-state index in [9.17, 15) is 13.2 Å². The molecule has 0 aliphatic heterocycles. The maximum absolute atomic E-state index is 12.9. The Balaban J connectivity index is 2.27. The van der Waals surface area contributed by atoms with Crippen LogP contribution < -0.4 is 15.2 Å². The van der Waals surface area contributed by atoms with Gasteiger partial charge in [0.25, 0.3) is 0 Å². The monoisotopic (exact) mass is 311 g/mol. The van der Waals surface area contributed by atoms with E-state index in [0.717, 1.165) is 11.6 Å². The Morgan fingerprint density at radius 2 is 1.77 bits per heavy atom. The summed E-state index contributed by atoms with van der Waals surface area (Å²) in [5.41, 5.74) is 4.88. The number of halogens is 3. The number of hydrogen-bond acceptors (Lipinski definition) is 3. The topological polar surface area (TPSA) is 44.5 Å². The van der Waals surface area contributed by atoms with Gasteiger partial charge >= 0.3 is 6.18 Å². The standard InChI is InChI=1S/C16H16F3NO2/c1-10(12-5-3-4-6-15(12)21-2)22-11-7-8-14(20)13(9-11)16(17,18)19/h3-10H,20H2,1-2H3. The van der Waals surface area contributed by atoms with Crippen LogP contribution in [-0.4, -0.2) is 7.11 Å². The van der Waals surface area contributed by atoms with Gasteiger partial charge in [-0.25, -0.2) is 0 Å². The molecule has 0 amide bonds. The summed E-state index contributed by atoms with van der Waals surface area (Å²) in [6, 6.07) is 10.7. The Bertz CT molecular complexity index is 656. The van der Waals surface area contributed by atoms with Crippen molar-refractivity contribution in [3.63, 3.8) is 0 Å². The molecule has 0 saturated heterocycles. The molecule has 0 aliphatic carbocycles. The first-order valence-electron chi connectivity index (χ1n) is 6.59. The zero-order chi connectivity index (χ0) is 16.3. The molecule has 0 fully saturated rings. The third-order valence-electron chi connectivity index (χ3n) is 3.22. The van der Waals surface area contributed by atoms with Gasteiger partial charge in [0, 0.05) is 11.3 Å². The zero-order valence-corrected chi connectivity index (χ0v) is 12.1. The van der Waals surface area contributed by atoms with Crippen molar-refractivity contribution in [3.8, 4) is 11.5 Å². The largest absolute Gasteiger partial charge is 0.496 e. The molecule has 3 nitrogen and oxygen atoms in total. The van der Waals surface area contributed by atoms with E-state index >= 15 is 0 Å². The van der Waals surface area contributed by atoms with Crippen molar-refractivity contribution in [2.24, 2.45) is 0 Å². The van der Waals surface area contributed by atoms with Gasteiger partial charge in [-0.3, -0.25) is 0 Å². The molecular weight excluding hydrogens is 295 g/mol. The lowest BCUT2D eigenvalue weighted by Gasteiger charge is -2.19. The first-order chi connectivity index (χ1) is 10.3. The number of nitrogens with two attached hydrogens (primary N) is 1. The smallest absolute Gasteiger partial charge is 0.418 e. The van der Waals surface area contributed by atoms with E-state index in [1.54, 1.807) is 25.1 Å². The van der Waals surface area contributed by atoms with E-state index in [4.69, 9.17) is 15.2 Å². The van der Waals surface area contributed by atoms with E-state index in [-0.39, 0.29) is 11.4 Å². The maximum atomic E-state index is 12.9. The number of para-hydroxylation sites is 1. The molecule has 0 spiro atoms. The van der Waals surface area contributed by atoms with Gasteiger partial charge in [0.15, 0.2) is 0 Å². The molecule has 0 heterocycles. The van der Waals surface area contributed by atoms with E-state index < -0.39 is 17.8 Å². The molecule has 2 aromatic rings. The number of hydrogen-bond donors (Lipinski definition) is 1. The van der Waals surface area contributed by atoms with Gasteiger partial charge in [-0.05, 0) is 31.2 Å². The Labute approximate surface area is 126 Å². The van der Waals surface area contributed by atoms with Crippen molar-refractivity contribution in [3.05, 3.63) is 53.6 Å². The average molecular weight is 311 g/mol. The predicted octanol–water partition coefficient (Wildman–Crippen LogP) is 4.44. The third-order valence-corrected chi connectivity index (χ3v) is 3.22. The SMILES string of the molecule is COc1ccccc1C(C)Oc1ccc(N)c(C(F)(F)F)c1.